The third-order valence-corrected chi connectivity index (χ3v) is 2.18. The molecule has 2 rings (SSSR count). The number of hydrogen-bond acceptors (Lipinski definition) is 4. The van der Waals surface area contributed by atoms with E-state index in [9.17, 15) is 8.78 Å². The van der Waals surface area contributed by atoms with Crippen molar-refractivity contribution in [1.82, 2.24) is 14.8 Å². The first-order valence-corrected chi connectivity index (χ1v) is 5.58. The molecule has 0 fully saturated rings. The van der Waals surface area contributed by atoms with Crippen molar-refractivity contribution in [3.63, 3.8) is 0 Å². The SMILES string of the molecule is CC(O)C(O)Cn1cncn1.Fc1cccc(F)c1. The van der Waals surface area contributed by atoms with Crippen LogP contribution in [0, 0.1) is 11.6 Å². The summed E-state index contributed by atoms with van der Waals surface area (Å²) in [7, 11) is 0. The molecule has 0 aliphatic rings. The Morgan fingerprint density at radius 1 is 1.26 bits per heavy atom. The normalized spacial score (nSPS) is 13.3. The van der Waals surface area contributed by atoms with Crippen LogP contribution >= 0.6 is 0 Å². The molecule has 7 heteroatoms. The molecule has 0 aliphatic carbocycles. The van der Waals surface area contributed by atoms with Crippen LogP contribution in [0.5, 0.6) is 0 Å². The average Bonchev–Trinajstić information content (AvgIpc) is 2.82. The lowest BCUT2D eigenvalue weighted by Gasteiger charge is -2.12. The van der Waals surface area contributed by atoms with Crippen LogP contribution in [0.2, 0.25) is 0 Å². The number of rotatable bonds is 3. The summed E-state index contributed by atoms with van der Waals surface area (Å²) in [4.78, 5) is 3.69. The third-order valence-electron chi connectivity index (χ3n) is 2.18. The molecule has 0 spiro atoms. The number of aromatic nitrogens is 3. The van der Waals surface area contributed by atoms with E-state index in [1.165, 1.54) is 42.5 Å². The van der Waals surface area contributed by atoms with Crippen molar-refractivity contribution in [1.29, 1.82) is 0 Å². The zero-order valence-corrected chi connectivity index (χ0v) is 10.3. The Hall–Kier alpha value is -1.86. The zero-order valence-electron chi connectivity index (χ0n) is 10.3. The highest BCUT2D eigenvalue weighted by molar-refractivity contribution is 5.04. The van der Waals surface area contributed by atoms with Crippen LogP contribution in [0.4, 0.5) is 8.78 Å². The number of nitrogens with zero attached hydrogens (tertiary/aromatic N) is 3. The van der Waals surface area contributed by atoms with Gasteiger partial charge in [-0.1, -0.05) is 6.07 Å². The third kappa shape index (κ3) is 6.03. The van der Waals surface area contributed by atoms with E-state index in [2.05, 4.69) is 10.1 Å². The van der Waals surface area contributed by atoms with Crippen LogP contribution in [0.25, 0.3) is 0 Å². The summed E-state index contributed by atoms with van der Waals surface area (Å²) in [5, 5.41) is 21.8. The molecular formula is C12H15F2N3O2. The topological polar surface area (TPSA) is 71.2 Å². The summed E-state index contributed by atoms with van der Waals surface area (Å²) in [6, 6.07) is 4.55. The number of aliphatic hydroxyl groups is 2. The van der Waals surface area contributed by atoms with Gasteiger partial charge in [-0.05, 0) is 19.1 Å². The predicted octanol–water partition coefficient (Wildman–Crippen LogP) is 0.985. The molecule has 0 aliphatic heterocycles. The number of halogens is 2. The Morgan fingerprint density at radius 2 is 1.89 bits per heavy atom. The van der Waals surface area contributed by atoms with E-state index in [1.807, 2.05) is 0 Å². The number of hydrogen-bond donors (Lipinski definition) is 2. The molecule has 0 saturated heterocycles. The average molecular weight is 271 g/mol. The molecule has 0 bridgehead atoms. The fourth-order valence-corrected chi connectivity index (χ4v) is 1.13. The van der Waals surface area contributed by atoms with Gasteiger partial charge in [-0.3, -0.25) is 4.68 Å². The predicted molar refractivity (Wildman–Crippen MR) is 64.1 cm³/mol. The highest BCUT2D eigenvalue weighted by Gasteiger charge is 2.10. The van der Waals surface area contributed by atoms with Crippen molar-refractivity contribution < 1.29 is 19.0 Å². The van der Waals surface area contributed by atoms with Gasteiger partial charge in [0.1, 0.15) is 24.3 Å². The van der Waals surface area contributed by atoms with Gasteiger partial charge in [-0.2, -0.15) is 5.10 Å². The van der Waals surface area contributed by atoms with Crippen LogP contribution in [-0.4, -0.2) is 37.2 Å². The summed E-state index contributed by atoms with van der Waals surface area (Å²) in [5.41, 5.74) is 0. The molecule has 1 aromatic heterocycles. The lowest BCUT2D eigenvalue weighted by atomic mass is 10.2. The van der Waals surface area contributed by atoms with Crippen LogP contribution < -0.4 is 0 Å². The Bertz CT molecular complexity index is 460. The summed E-state index contributed by atoms with van der Waals surface area (Å²) >= 11 is 0. The van der Waals surface area contributed by atoms with Gasteiger partial charge >= 0.3 is 0 Å². The van der Waals surface area contributed by atoms with Gasteiger partial charge in [0.15, 0.2) is 0 Å². The van der Waals surface area contributed by atoms with E-state index in [0.29, 0.717) is 0 Å². The van der Waals surface area contributed by atoms with E-state index in [1.54, 1.807) is 0 Å². The summed E-state index contributed by atoms with van der Waals surface area (Å²) in [5.74, 6) is -1.07. The Morgan fingerprint density at radius 3 is 2.26 bits per heavy atom. The first-order valence-electron chi connectivity index (χ1n) is 5.58. The monoisotopic (exact) mass is 271 g/mol. The smallest absolute Gasteiger partial charge is 0.137 e. The molecule has 1 aromatic carbocycles. The van der Waals surface area contributed by atoms with Gasteiger partial charge in [0.2, 0.25) is 0 Å². The highest BCUT2D eigenvalue weighted by Crippen LogP contribution is 1.99. The summed E-state index contributed by atoms with van der Waals surface area (Å²) in [6.45, 7) is 1.80. The first kappa shape index (κ1) is 15.2. The molecule has 2 atom stereocenters. The molecule has 1 heterocycles. The molecule has 2 N–H and O–H groups in total. The van der Waals surface area contributed by atoms with E-state index < -0.39 is 23.8 Å². The van der Waals surface area contributed by atoms with Gasteiger partial charge in [-0.15, -0.1) is 0 Å². The van der Waals surface area contributed by atoms with Crippen LogP contribution in [0.3, 0.4) is 0 Å². The van der Waals surface area contributed by atoms with Crippen molar-refractivity contribution >= 4 is 0 Å². The molecule has 2 unspecified atom stereocenters. The molecule has 104 valence electrons. The van der Waals surface area contributed by atoms with Crippen molar-refractivity contribution in [2.75, 3.05) is 0 Å². The maximum atomic E-state index is 11.9. The van der Waals surface area contributed by atoms with Crippen LogP contribution in [0.15, 0.2) is 36.9 Å². The van der Waals surface area contributed by atoms with Gasteiger partial charge in [0.25, 0.3) is 0 Å². The zero-order chi connectivity index (χ0) is 14.3. The second-order valence-corrected chi connectivity index (χ2v) is 3.87. The highest BCUT2D eigenvalue weighted by atomic mass is 19.1. The minimum absolute atomic E-state index is 0.275. The Labute approximate surface area is 109 Å². The van der Waals surface area contributed by atoms with Crippen molar-refractivity contribution in [3.05, 3.63) is 48.6 Å². The molecule has 19 heavy (non-hydrogen) atoms. The first-order chi connectivity index (χ1) is 8.99. The summed E-state index contributed by atoms with van der Waals surface area (Å²) in [6.07, 6.45) is 1.36. The molecule has 0 amide bonds. The van der Waals surface area contributed by atoms with E-state index in [-0.39, 0.29) is 6.54 Å². The molecular weight excluding hydrogens is 256 g/mol. The maximum Gasteiger partial charge on any atom is 0.137 e. The van der Waals surface area contributed by atoms with Gasteiger partial charge in [-0.25, -0.2) is 13.8 Å². The Kier molecular flexibility index (Phi) is 6.04. The van der Waals surface area contributed by atoms with E-state index >= 15 is 0 Å². The second-order valence-electron chi connectivity index (χ2n) is 3.87. The summed E-state index contributed by atoms with van der Waals surface area (Å²) < 4.78 is 25.3. The number of benzene rings is 1. The lowest BCUT2D eigenvalue weighted by molar-refractivity contribution is 0.0186. The Balaban J connectivity index is 0.000000200. The maximum absolute atomic E-state index is 11.9. The lowest BCUT2D eigenvalue weighted by Crippen LogP contribution is -2.27. The van der Waals surface area contributed by atoms with Crippen molar-refractivity contribution in [3.8, 4) is 0 Å². The fourth-order valence-electron chi connectivity index (χ4n) is 1.13. The van der Waals surface area contributed by atoms with Crippen molar-refractivity contribution in [2.24, 2.45) is 0 Å². The fraction of sp³-hybridized carbons (Fsp3) is 0.333. The molecule has 2 aromatic rings. The molecule has 0 radical (unpaired) electrons. The number of aliphatic hydroxyl groups excluding tert-OH is 2. The minimum Gasteiger partial charge on any atom is -0.391 e. The molecule has 0 saturated carbocycles. The molecule has 5 nitrogen and oxygen atoms in total. The standard InChI is InChI=1S/C6H4F2.C6H11N3O2/c7-5-2-1-3-6(8)4-5;1-5(10)6(11)2-9-4-7-3-8-9/h1-4H;3-6,10-11H,2H2,1H3. The largest absolute Gasteiger partial charge is 0.391 e. The van der Waals surface area contributed by atoms with E-state index in [0.717, 1.165) is 6.07 Å². The van der Waals surface area contributed by atoms with Crippen molar-refractivity contribution in [2.45, 2.75) is 25.7 Å². The van der Waals surface area contributed by atoms with Crippen LogP contribution in [-0.2, 0) is 6.54 Å². The quantitative estimate of drug-likeness (QED) is 0.873. The minimum atomic E-state index is -0.781. The van der Waals surface area contributed by atoms with Gasteiger partial charge in [0.05, 0.1) is 18.8 Å². The van der Waals surface area contributed by atoms with Gasteiger partial charge < -0.3 is 10.2 Å². The van der Waals surface area contributed by atoms with Crippen LogP contribution in [0.1, 0.15) is 6.92 Å². The van der Waals surface area contributed by atoms with Gasteiger partial charge in [0, 0.05) is 6.07 Å². The second kappa shape index (κ2) is 7.55. The van der Waals surface area contributed by atoms with E-state index in [4.69, 9.17) is 10.2 Å².